The third-order valence-electron chi connectivity index (χ3n) is 7.78. The molecule has 8 heteroatoms. The number of rotatable bonds is 5. The molecule has 0 fully saturated rings. The molecule has 0 radical (unpaired) electrons. The molecule has 1 unspecified atom stereocenters. The Hall–Kier alpha value is -3.79. The second-order valence-electron chi connectivity index (χ2n) is 11.5. The predicted octanol–water partition coefficient (Wildman–Crippen LogP) is 8.27. The summed E-state index contributed by atoms with van der Waals surface area (Å²) in [6.07, 6.45) is 0.968. The van der Waals surface area contributed by atoms with Gasteiger partial charge in [-0.15, -0.1) is 0 Å². The van der Waals surface area contributed by atoms with Crippen molar-refractivity contribution >= 4 is 34.7 Å². The van der Waals surface area contributed by atoms with Crippen molar-refractivity contribution in [2.75, 3.05) is 4.90 Å². The molecule has 1 atom stereocenters. The number of nitrogens with two attached hydrogens (primary N) is 1. The molecule has 0 spiro atoms. The van der Waals surface area contributed by atoms with Crippen LogP contribution in [0.3, 0.4) is 0 Å². The number of carbonyl (C=O) groups is 1. The van der Waals surface area contributed by atoms with Gasteiger partial charge in [-0.2, -0.15) is 5.26 Å². The van der Waals surface area contributed by atoms with Gasteiger partial charge in [-0.1, -0.05) is 49.2 Å². The molecule has 1 aliphatic carbocycles. The first-order chi connectivity index (χ1) is 19.4. The fourth-order valence-corrected chi connectivity index (χ4v) is 6.18. The van der Waals surface area contributed by atoms with Gasteiger partial charge in [0.15, 0.2) is 5.78 Å². The zero-order chi connectivity index (χ0) is 29.6. The molecule has 41 heavy (non-hydrogen) atoms. The standard InChI is InChI=1S/C33H30Cl2FN3O2/c1-18-11-19(2)24(12-20(18)17-41-29-10-7-22(36)13-26(29)35)30-25(16-37)32(38)39(23-8-5-21(34)6-9-23)27-14-33(3,4)15-28(40)31(27)30/h5-13,30H,14-15,17,38H2,1-4H3. The molecule has 0 bridgehead atoms. The predicted molar refractivity (Wildman–Crippen MR) is 160 cm³/mol. The molecule has 3 aromatic rings. The highest BCUT2D eigenvalue weighted by Crippen LogP contribution is 2.51. The Kier molecular flexibility index (Phi) is 7.63. The second kappa shape index (κ2) is 10.9. The monoisotopic (exact) mass is 589 g/mol. The number of aryl methyl sites for hydroxylation is 2. The average molecular weight is 591 g/mol. The molecule has 210 valence electrons. The van der Waals surface area contributed by atoms with Gasteiger partial charge in [0, 0.05) is 28.4 Å². The van der Waals surface area contributed by atoms with Crippen molar-refractivity contribution in [3.05, 3.63) is 115 Å². The maximum absolute atomic E-state index is 13.9. The highest BCUT2D eigenvalue weighted by molar-refractivity contribution is 6.32. The summed E-state index contributed by atoms with van der Waals surface area (Å²) in [5.74, 6) is -0.423. The largest absolute Gasteiger partial charge is 0.487 e. The van der Waals surface area contributed by atoms with Gasteiger partial charge in [0.05, 0.1) is 22.6 Å². The number of hydrogen-bond donors (Lipinski definition) is 1. The number of carbonyl (C=O) groups excluding carboxylic acids is 1. The highest BCUT2D eigenvalue weighted by Gasteiger charge is 2.45. The van der Waals surface area contributed by atoms with Gasteiger partial charge in [0.1, 0.15) is 24.0 Å². The molecule has 0 amide bonds. The van der Waals surface area contributed by atoms with Gasteiger partial charge in [-0.05, 0) is 90.4 Å². The highest BCUT2D eigenvalue weighted by atomic mass is 35.5. The zero-order valence-electron chi connectivity index (χ0n) is 23.3. The summed E-state index contributed by atoms with van der Waals surface area (Å²) in [6, 6.07) is 17.5. The van der Waals surface area contributed by atoms with Crippen LogP contribution in [0.4, 0.5) is 10.1 Å². The van der Waals surface area contributed by atoms with Crippen LogP contribution in [0.5, 0.6) is 5.75 Å². The smallest absolute Gasteiger partial charge is 0.162 e. The minimum Gasteiger partial charge on any atom is -0.487 e. The molecule has 2 aliphatic rings. The van der Waals surface area contributed by atoms with E-state index in [-0.39, 0.29) is 22.8 Å². The summed E-state index contributed by atoms with van der Waals surface area (Å²) >= 11 is 12.3. The Labute approximate surface area is 249 Å². The van der Waals surface area contributed by atoms with Crippen LogP contribution in [0, 0.1) is 36.4 Å². The number of halogens is 3. The lowest BCUT2D eigenvalue weighted by atomic mass is 9.68. The van der Waals surface area contributed by atoms with Gasteiger partial charge in [-0.3, -0.25) is 9.69 Å². The van der Waals surface area contributed by atoms with Crippen molar-refractivity contribution < 1.29 is 13.9 Å². The molecule has 3 aromatic carbocycles. The van der Waals surface area contributed by atoms with Crippen LogP contribution in [0.2, 0.25) is 10.0 Å². The van der Waals surface area contributed by atoms with Crippen LogP contribution >= 0.6 is 23.2 Å². The van der Waals surface area contributed by atoms with Gasteiger partial charge in [0.25, 0.3) is 0 Å². The van der Waals surface area contributed by atoms with Crippen molar-refractivity contribution in [1.82, 2.24) is 0 Å². The molecular formula is C33H30Cl2FN3O2. The number of nitriles is 1. The van der Waals surface area contributed by atoms with Gasteiger partial charge in [-0.25, -0.2) is 4.39 Å². The topological polar surface area (TPSA) is 79.4 Å². The average Bonchev–Trinajstić information content (AvgIpc) is 2.89. The molecule has 5 rings (SSSR count). The van der Waals surface area contributed by atoms with Crippen molar-refractivity contribution in [1.29, 1.82) is 5.26 Å². The first kappa shape index (κ1) is 28.7. The van der Waals surface area contributed by atoms with Crippen molar-refractivity contribution in [2.45, 2.75) is 53.1 Å². The number of ketones is 1. The number of benzene rings is 3. The van der Waals surface area contributed by atoms with E-state index in [1.165, 1.54) is 18.2 Å². The maximum atomic E-state index is 13.9. The van der Waals surface area contributed by atoms with Crippen LogP contribution in [-0.4, -0.2) is 5.78 Å². The zero-order valence-corrected chi connectivity index (χ0v) is 24.8. The summed E-state index contributed by atoms with van der Waals surface area (Å²) in [4.78, 5) is 15.8. The van der Waals surface area contributed by atoms with Crippen LogP contribution in [0.15, 0.2) is 77.3 Å². The maximum Gasteiger partial charge on any atom is 0.162 e. The molecule has 0 saturated carbocycles. The normalized spacial score (nSPS) is 18.3. The van der Waals surface area contributed by atoms with E-state index >= 15 is 0 Å². The number of Topliss-reactive ketones (excluding diaryl/α,β-unsaturated/α-hetero) is 1. The Morgan fingerprint density at radius 1 is 1.07 bits per heavy atom. The minimum atomic E-state index is -0.629. The van der Waals surface area contributed by atoms with Crippen molar-refractivity contribution in [3.8, 4) is 11.8 Å². The molecule has 5 nitrogen and oxygen atoms in total. The summed E-state index contributed by atoms with van der Waals surface area (Å²) in [7, 11) is 0. The molecule has 0 aromatic heterocycles. The van der Waals surface area contributed by atoms with Crippen molar-refractivity contribution in [2.24, 2.45) is 11.1 Å². The van der Waals surface area contributed by atoms with Crippen LogP contribution in [-0.2, 0) is 11.4 Å². The van der Waals surface area contributed by atoms with Crippen LogP contribution < -0.4 is 15.4 Å². The molecule has 1 aliphatic heterocycles. The van der Waals surface area contributed by atoms with Gasteiger partial charge >= 0.3 is 0 Å². The van der Waals surface area contributed by atoms with Gasteiger partial charge in [0.2, 0.25) is 0 Å². The molecule has 1 heterocycles. The lowest BCUT2D eigenvalue weighted by molar-refractivity contribution is -0.118. The van der Waals surface area contributed by atoms with E-state index in [1.807, 2.05) is 43.0 Å². The van der Waals surface area contributed by atoms with E-state index in [0.29, 0.717) is 40.6 Å². The lowest BCUT2D eigenvalue weighted by Gasteiger charge is -2.44. The summed E-state index contributed by atoms with van der Waals surface area (Å²) < 4.78 is 19.5. The van der Waals surface area contributed by atoms with E-state index in [0.717, 1.165) is 33.6 Å². The minimum absolute atomic E-state index is 0.00340. The number of hydrogen-bond acceptors (Lipinski definition) is 5. The fraction of sp³-hybridized carbons (Fsp3) is 0.273. The number of ether oxygens (including phenoxy) is 1. The summed E-state index contributed by atoms with van der Waals surface area (Å²) in [5.41, 5.74) is 12.5. The second-order valence-corrected chi connectivity index (χ2v) is 12.3. The Morgan fingerprint density at radius 3 is 2.44 bits per heavy atom. The third-order valence-corrected chi connectivity index (χ3v) is 8.33. The number of nitrogens with zero attached hydrogens (tertiary/aromatic N) is 2. The van der Waals surface area contributed by atoms with E-state index in [2.05, 4.69) is 19.9 Å². The summed E-state index contributed by atoms with van der Waals surface area (Å²) in [6.45, 7) is 8.24. The lowest BCUT2D eigenvalue weighted by Crippen LogP contribution is -2.42. The van der Waals surface area contributed by atoms with E-state index in [1.54, 1.807) is 12.1 Å². The first-order valence-electron chi connectivity index (χ1n) is 13.3. The van der Waals surface area contributed by atoms with Crippen molar-refractivity contribution in [3.63, 3.8) is 0 Å². The van der Waals surface area contributed by atoms with Crippen LogP contribution in [0.25, 0.3) is 0 Å². The van der Waals surface area contributed by atoms with Gasteiger partial charge < -0.3 is 10.5 Å². The SMILES string of the molecule is Cc1cc(C)c(C2C(C#N)=C(N)N(c3ccc(Cl)cc3)C3=C2C(=O)CC(C)(C)C3)cc1COc1ccc(F)cc1Cl. The molecule has 0 saturated heterocycles. The van der Waals surface area contributed by atoms with Crippen LogP contribution in [0.1, 0.15) is 54.9 Å². The summed E-state index contributed by atoms with van der Waals surface area (Å²) in [5, 5.41) is 11.2. The third kappa shape index (κ3) is 5.45. The fourth-order valence-electron chi connectivity index (χ4n) is 5.84. The Bertz CT molecular complexity index is 1670. The molecular weight excluding hydrogens is 560 g/mol. The number of allylic oxidation sites excluding steroid dienone is 3. The van der Waals surface area contributed by atoms with E-state index < -0.39 is 11.7 Å². The van der Waals surface area contributed by atoms with E-state index in [4.69, 9.17) is 33.7 Å². The Morgan fingerprint density at radius 2 is 1.78 bits per heavy atom. The Balaban J connectivity index is 1.65. The number of anilines is 1. The van der Waals surface area contributed by atoms with E-state index in [9.17, 15) is 14.4 Å². The molecule has 2 N–H and O–H groups in total. The first-order valence-corrected chi connectivity index (χ1v) is 14.1. The quantitative estimate of drug-likeness (QED) is 0.324.